The second kappa shape index (κ2) is 6.83. The maximum Gasteiger partial charge on any atom is 0.412 e. The van der Waals surface area contributed by atoms with Gasteiger partial charge in [0.2, 0.25) is 0 Å². The summed E-state index contributed by atoms with van der Waals surface area (Å²) in [5, 5.41) is 2.94. The smallest absolute Gasteiger partial charge is 0.412 e. The largest absolute Gasteiger partial charge is 0.444 e. The van der Waals surface area contributed by atoms with E-state index in [0.717, 1.165) is 22.5 Å². The highest BCUT2D eigenvalue weighted by Crippen LogP contribution is 2.34. The van der Waals surface area contributed by atoms with Crippen LogP contribution in [0.25, 0.3) is 11.6 Å². The summed E-state index contributed by atoms with van der Waals surface area (Å²) in [6.07, 6.45) is 7.25. The molecule has 0 aliphatic heterocycles. The Morgan fingerprint density at radius 2 is 2.00 bits per heavy atom. The van der Waals surface area contributed by atoms with Crippen molar-refractivity contribution in [1.82, 2.24) is 14.9 Å². The van der Waals surface area contributed by atoms with Gasteiger partial charge in [-0.25, -0.2) is 9.78 Å². The van der Waals surface area contributed by atoms with Crippen molar-refractivity contribution in [3.05, 3.63) is 65.4 Å². The minimum atomic E-state index is -0.555. The first-order valence-electron chi connectivity index (χ1n) is 8.74. The number of aromatic nitrogens is 2. The Balaban J connectivity index is 2.06. The third kappa shape index (κ3) is 3.87. The molecule has 136 valence electrons. The molecule has 1 heterocycles. The van der Waals surface area contributed by atoms with Gasteiger partial charge in [-0.1, -0.05) is 37.3 Å². The molecule has 3 rings (SSSR count). The molecule has 1 unspecified atom stereocenters. The van der Waals surface area contributed by atoms with Crippen molar-refractivity contribution in [3.63, 3.8) is 0 Å². The van der Waals surface area contributed by atoms with Crippen LogP contribution in [0.4, 0.5) is 4.79 Å². The molecule has 1 aromatic heterocycles. The van der Waals surface area contributed by atoms with E-state index in [1.54, 1.807) is 12.5 Å². The van der Waals surface area contributed by atoms with E-state index in [1.165, 1.54) is 5.56 Å². The quantitative estimate of drug-likeness (QED) is 0.867. The van der Waals surface area contributed by atoms with Gasteiger partial charge in [0, 0.05) is 18.5 Å². The number of allylic oxidation sites excluding steroid dienone is 2. The fourth-order valence-corrected chi connectivity index (χ4v) is 3.07. The maximum atomic E-state index is 12.4. The number of imidazole rings is 1. The molecule has 1 aromatic carbocycles. The molecule has 1 aliphatic carbocycles. The number of nitrogens with one attached hydrogen (secondary N) is 1. The first-order chi connectivity index (χ1) is 12.2. The SMILES string of the molecule is CC1C=C(NC(=O)OC(C)(C)C)C(c2cncn2C)=Cc2ccccc21. The number of benzene rings is 1. The number of carbonyl (C=O) groups is 1. The van der Waals surface area contributed by atoms with Crippen LogP contribution in [0.15, 0.2) is 48.6 Å². The van der Waals surface area contributed by atoms with Gasteiger partial charge >= 0.3 is 6.09 Å². The Morgan fingerprint density at radius 1 is 1.27 bits per heavy atom. The fraction of sp³-hybridized carbons (Fsp3) is 0.333. The van der Waals surface area contributed by atoms with Crippen molar-refractivity contribution in [2.24, 2.45) is 7.05 Å². The number of ether oxygens (including phenoxy) is 1. The van der Waals surface area contributed by atoms with E-state index in [0.29, 0.717) is 0 Å². The minimum absolute atomic E-state index is 0.151. The maximum absolute atomic E-state index is 12.4. The van der Waals surface area contributed by atoms with Crippen LogP contribution in [0.3, 0.4) is 0 Å². The van der Waals surface area contributed by atoms with Gasteiger partial charge in [0.05, 0.1) is 23.9 Å². The lowest BCUT2D eigenvalue weighted by molar-refractivity contribution is 0.0548. The lowest BCUT2D eigenvalue weighted by Gasteiger charge is -2.21. The van der Waals surface area contributed by atoms with Crippen molar-refractivity contribution in [2.75, 3.05) is 0 Å². The topological polar surface area (TPSA) is 56.1 Å². The number of hydrogen-bond donors (Lipinski definition) is 1. The van der Waals surface area contributed by atoms with E-state index in [2.05, 4.69) is 41.5 Å². The van der Waals surface area contributed by atoms with E-state index in [-0.39, 0.29) is 5.92 Å². The van der Waals surface area contributed by atoms with Gasteiger partial charge < -0.3 is 9.30 Å². The van der Waals surface area contributed by atoms with Crippen LogP contribution in [0.1, 0.15) is 50.4 Å². The zero-order valence-corrected chi connectivity index (χ0v) is 15.9. The molecular weight excluding hydrogens is 326 g/mol. The second-order valence-corrected chi connectivity index (χ2v) is 7.57. The van der Waals surface area contributed by atoms with Crippen LogP contribution in [0.5, 0.6) is 0 Å². The number of amides is 1. The Morgan fingerprint density at radius 3 is 2.65 bits per heavy atom. The van der Waals surface area contributed by atoms with Crippen LogP contribution in [-0.2, 0) is 11.8 Å². The van der Waals surface area contributed by atoms with Crippen LogP contribution < -0.4 is 5.32 Å². The van der Waals surface area contributed by atoms with Crippen molar-refractivity contribution in [2.45, 2.75) is 39.2 Å². The Hall–Kier alpha value is -2.82. The predicted molar refractivity (Wildman–Crippen MR) is 103 cm³/mol. The molecule has 5 heteroatoms. The number of rotatable bonds is 2. The van der Waals surface area contributed by atoms with Crippen LogP contribution in [-0.4, -0.2) is 21.2 Å². The highest BCUT2D eigenvalue weighted by Gasteiger charge is 2.23. The second-order valence-electron chi connectivity index (χ2n) is 7.57. The summed E-state index contributed by atoms with van der Waals surface area (Å²) in [6.45, 7) is 7.68. The normalized spacial score (nSPS) is 16.9. The summed E-state index contributed by atoms with van der Waals surface area (Å²) in [6, 6.07) is 8.26. The summed E-state index contributed by atoms with van der Waals surface area (Å²) >= 11 is 0. The Bertz CT molecular complexity index is 885. The lowest BCUT2D eigenvalue weighted by Crippen LogP contribution is -2.32. The summed E-state index contributed by atoms with van der Waals surface area (Å²) in [5.74, 6) is 0.151. The van der Waals surface area contributed by atoms with Crippen molar-refractivity contribution in [3.8, 4) is 0 Å². The van der Waals surface area contributed by atoms with Crippen molar-refractivity contribution in [1.29, 1.82) is 0 Å². The average molecular weight is 351 g/mol. The van der Waals surface area contributed by atoms with E-state index >= 15 is 0 Å². The zero-order chi connectivity index (χ0) is 18.9. The average Bonchev–Trinajstić information content (AvgIpc) is 2.90. The monoisotopic (exact) mass is 351 g/mol. The molecule has 0 radical (unpaired) electrons. The van der Waals surface area contributed by atoms with Gasteiger partial charge in [0.25, 0.3) is 0 Å². The van der Waals surface area contributed by atoms with E-state index < -0.39 is 11.7 Å². The predicted octanol–water partition coefficient (Wildman–Crippen LogP) is 4.49. The standard InChI is InChI=1S/C21H25N3O2/c1-14-10-18(23-20(25)26-21(2,3)4)17(19-12-22-13-24(19)5)11-15-8-6-7-9-16(14)15/h6-14H,1-5H3,(H,23,25). The lowest BCUT2D eigenvalue weighted by atomic mass is 9.96. The van der Waals surface area contributed by atoms with Crippen molar-refractivity contribution >= 4 is 17.7 Å². The van der Waals surface area contributed by atoms with Gasteiger partial charge in [-0.3, -0.25) is 5.32 Å². The summed E-state index contributed by atoms with van der Waals surface area (Å²) < 4.78 is 7.39. The van der Waals surface area contributed by atoms with Gasteiger partial charge in [-0.05, 0) is 38.0 Å². The highest BCUT2D eigenvalue weighted by molar-refractivity contribution is 5.93. The molecule has 1 N–H and O–H groups in total. The number of fused-ring (bicyclic) bond motifs is 1. The van der Waals surface area contributed by atoms with Crippen molar-refractivity contribution < 1.29 is 9.53 Å². The zero-order valence-electron chi connectivity index (χ0n) is 15.9. The first kappa shape index (κ1) is 18.0. The molecule has 0 bridgehead atoms. The van der Waals surface area contributed by atoms with E-state index in [9.17, 15) is 4.79 Å². The third-order valence-corrected chi connectivity index (χ3v) is 4.22. The Kier molecular flexibility index (Phi) is 4.72. The molecule has 5 nitrogen and oxygen atoms in total. The number of aryl methyl sites for hydroxylation is 1. The van der Waals surface area contributed by atoms with Gasteiger partial charge in [0.15, 0.2) is 0 Å². The number of nitrogens with zero attached hydrogens (tertiary/aromatic N) is 2. The number of alkyl carbamates (subject to hydrolysis) is 1. The molecular formula is C21H25N3O2. The van der Waals surface area contributed by atoms with Crippen LogP contribution in [0, 0.1) is 0 Å². The van der Waals surface area contributed by atoms with Gasteiger partial charge in [0.1, 0.15) is 5.60 Å². The van der Waals surface area contributed by atoms with Gasteiger partial charge in [-0.2, -0.15) is 0 Å². The first-order valence-corrected chi connectivity index (χ1v) is 8.74. The molecule has 0 saturated heterocycles. The molecule has 26 heavy (non-hydrogen) atoms. The Labute approximate surface area is 154 Å². The summed E-state index contributed by atoms with van der Waals surface area (Å²) in [7, 11) is 1.94. The van der Waals surface area contributed by atoms with E-state index in [4.69, 9.17) is 4.74 Å². The molecule has 1 aliphatic rings. The van der Waals surface area contributed by atoms with Crippen LogP contribution in [0.2, 0.25) is 0 Å². The van der Waals surface area contributed by atoms with Gasteiger partial charge in [-0.15, -0.1) is 0 Å². The fourth-order valence-electron chi connectivity index (χ4n) is 3.07. The molecule has 2 aromatic rings. The summed E-state index contributed by atoms with van der Waals surface area (Å²) in [4.78, 5) is 16.6. The molecule has 1 atom stereocenters. The minimum Gasteiger partial charge on any atom is -0.444 e. The molecule has 1 amide bonds. The molecule has 0 fully saturated rings. The number of carbonyl (C=O) groups excluding carboxylic acids is 1. The molecule has 0 saturated carbocycles. The number of hydrogen-bond acceptors (Lipinski definition) is 3. The van der Waals surface area contributed by atoms with Crippen LogP contribution >= 0.6 is 0 Å². The third-order valence-electron chi connectivity index (χ3n) is 4.22. The highest BCUT2D eigenvalue weighted by atomic mass is 16.6. The van der Waals surface area contributed by atoms with E-state index in [1.807, 2.05) is 44.5 Å². The summed E-state index contributed by atoms with van der Waals surface area (Å²) in [5.41, 5.74) is 4.36. The molecule has 0 spiro atoms.